The average Bonchev–Trinajstić information content (AvgIpc) is 2.67. The third kappa shape index (κ3) is 3.91. The van der Waals surface area contributed by atoms with Crippen molar-refractivity contribution in [3.63, 3.8) is 0 Å². The molecule has 0 amide bonds. The number of hydrogen-bond acceptors (Lipinski definition) is 4. The van der Waals surface area contributed by atoms with E-state index in [-0.39, 0.29) is 6.10 Å². The van der Waals surface area contributed by atoms with Crippen LogP contribution < -0.4 is 5.32 Å². The first-order valence-electron chi connectivity index (χ1n) is 6.91. The lowest BCUT2D eigenvalue weighted by Crippen LogP contribution is -2.51. The highest BCUT2D eigenvalue weighted by molar-refractivity contribution is 4.88. The molecule has 0 aliphatic carbocycles. The van der Waals surface area contributed by atoms with Gasteiger partial charge < -0.3 is 15.3 Å². The standard InChI is InChI=1S/C13H27N3O/c1-12(17)9-15-5-7-16(8-6-15)11-13(2)3-4-14-10-13/h12,14,17H,3-11H2,1-2H3/t12-,13?/m0/s1. The van der Waals surface area contributed by atoms with E-state index in [1.807, 2.05) is 6.92 Å². The van der Waals surface area contributed by atoms with Gasteiger partial charge in [-0.2, -0.15) is 0 Å². The lowest BCUT2D eigenvalue weighted by Gasteiger charge is -2.39. The zero-order valence-electron chi connectivity index (χ0n) is 11.3. The van der Waals surface area contributed by atoms with Gasteiger partial charge in [0.1, 0.15) is 0 Å². The number of rotatable bonds is 4. The second-order valence-electron chi connectivity index (χ2n) is 6.16. The third-order valence-electron chi connectivity index (χ3n) is 4.05. The highest BCUT2D eigenvalue weighted by Crippen LogP contribution is 2.26. The van der Waals surface area contributed by atoms with Gasteiger partial charge in [-0.15, -0.1) is 0 Å². The Morgan fingerprint density at radius 2 is 1.88 bits per heavy atom. The van der Waals surface area contributed by atoms with Gasteiger partial charge in [0.25, 0.3) is 0 Å². The Bertz CT molecular complexity index is 231. The number of nitrogens with one attached hydrogen (secondary N) is 1. The lowest BCUT2D eigenvalue weighted by molar-refractivity contribution is 0.0645. The van der Waals surface area contributed by atoms with Crippen molar-refractivity contribution < 1.29 is 5.11 Å². The molecule has 2 aliphatic rings. The van der Waals surface area contributed by atoms with E-state index in [1.54, 1.807) is 0 Å². The molecule has 4 heteroatoms. The van der Waals surface area contributed by atoms with Crippen molar-refractivity contribution in [2.45, 2.75) is 26.4 Å². The maximum Gasteiger partial charge on any atom is 0.0639 e. The molecule has 2 N–H and O–H groups in total. The molecular formula is C13H27N3O. The first-order valence-corrected chi connectivity index (χ1v) is 6.91. The van der Waals surface area contributed by atoms with Gasteiger partial charge in [-0.05, 0) is 25.3 Å². The number of nitrogens with zero attached hydrogens (tertiary/aromatic N) is 2. The first-order chi connectivity index (χ1) is 8.07. The highest BCUT2D eigenvalue weighted by atomic mass is 16.3. The molecule has 0 aromatic heterocycles. The molecule has 2 heterocycles. The van der Waals surface area contributed by atoms with Crippen LogP contribution >= 0.6 is 0 Å². The summed E-state index contributed by atoms with van der Waals surface area (Å²) in [7, 11) is 0. The Balaban J connectivity index is 1.71. The van der Waals surface area contributed by atoms with E-state index in [4.69, 9.17) is 0 Å². The van der Waals surface area contributed by atoms with E-state index in [0.717, 1.165) is 32.7 Å². The van der Waals surface area contributed by atoms with Crippen molar-refractivity contribution in [2.75, 3.05) is 52.4 Å². The maximum atomic E-state index is 9.38. The first kappa shape index (κ1) is 13.3. The average molecular weight is 241 g/mol. The van der Waals surface area contributed by atoms with Crippen LogP contribution in [0.25, 0.3) is 0 Å². The minimum atomic E-state index is -0.196. The molecule has 0 bridgehead atoms. The van der Waals surface area contributed by atoms with Crippen LogP contribution in [-0.4, -0.2) is 73.4 Å². The number of piperazine rings is 1. The summed E-state index contributed by atoms with van der Waals surface area (Å²) < 4.78 is 0. The summed E-state index contributed by atoms with van der Waals surface area (Å²) in [6, 6.07) is 0. The van der Waals surface area contributed by atoms with Gasteiger partial charge in [0.15, 0.2) is 0 Å². The normalized spacial score (nSPS) is 34.1. The predicted molar refractivity (Wildman–Crippen MR) is 70.2 cm³/mol. The lowest BCUT2D eigenvalue weighted by atomic mass is 9.89. The van der Waals surface area contributed by atoms with Crippen LogP contribution in [0.2, 0.25) is 0 Å². The fourth-order valence-electron chi connectivity index (χ4n) is 3.05. The van der Waals surface area contributed by atoms with E-state index in [1.165, 1.54) is 26.1 Å². The SMILES string of the molecule is C[C@H](O)CN1CCN(CC2(C)CCNC2)CC1. The van der Waals surface area contributed by atoms with E-state index >= 15 is 0 Å². The summed E-state index contributed by atoms with van der Waals surface area (Å²) >= 11 is 0. The number of β-amino-alcohol motifs (C(OH)–C–C–N with tert-alkyl or cyclic N) is 1. The van der Waals surface area contributed by atoms with Crippen LogP contribution in [-0.2, 0) is 0 Å². The van der Waals surface area contributed by atoms with Gasteiger partial charge >= 0.3 is 0 Å². The summed E-state index contributed by atoms with van der Waals surface area (Å²) in [4.78, 5) is 4.96. The monoisotopic (exact) mass is 241 g/mol. The Hall–Kier alpha value is -0.160. The molecule has 0 aromatic carbocycles. The molecule has 2 aliphatic heterocycles. The topological polar surface area (TPSA) is 38.7 Å². The summed E-state index contributed by atoms with van der Waals surface area (Å²) in [5.74, 6) is 0. The van der Waals surface area contributed by atoms with Crippen molar-refractivity contribution in [3.8, 4) is 0 Å². The Kier molecular flexibility index (Phi) is 4.42. The molecule has 0 spiro atoms. The summed E-state index contributed by atoms with van der Waals surface area (Å²) in [5.41, 5.74) is 0.479. The molecule has 2 saturated heterocycles. The van der Waals surface area contributed by atoms with E-state index < -0.39 is 0 Å². The summed E-state index contributed by atoms with van der Waals surface area (Å²) in [5, 5.41) is 12.8. The van der Waals surface area contributed by atoms with Gasteiger partial charge in [-0.3, -0.25) is 4.90 Å². The van der Waals surface area contributed by atoms with Crippen molar-refractivity contribution >= 4 is 0 Å². The molecular weight excluding hydrogens is 214 g/mol. The number of aliphatic hydroxyl groups is 1. The Morgan fingerprint density at radius 1 is 1.24 bits per heavy atom. The second kappa shape index (κ2) is 5.65. The smallest absolute Gasteiger partial charge is 0.0639 e. The number of hydrogen-bond donors (Lipinski definition) is 2. The fraction of sp³-hybridized carbons (Fsp3) is 1.00. The summed E-state index contributed by atoms with van der Waals surface area (Å²) in [6.07, 6.45) is 1.11. The van der Waals surface area contributed by atoms with Gasteiger partial charge in [0.2, 0.25) is 0 Å². The highest BCUT2D eigenvalue weighted by Gasteiger charge is 2.31. The van der Waals surface area contributed by atoms with Crippen LogP contribution in [0.5, 0.6) is 0 Å². The minimum absolute atomic E-state index is 0.196. The molecule has 0 aromatic rings. The zero-order chi connectivity index (χ0) is 12.3. The summed E-state index contributed by atoms with van der Waals surface area (Å²) in [6.45, 7) is 13.2. The van der Waals surface area contributed by atoms with Crippen molar-refractivity contribution in [1.29, 1.82) is 0 Å². The predicted octanol–water partition coefficient (Wildman–Crippen LogP) is -0.0156. The Morgan fingerprint density at radius 3 is 2.41 bits per heavy atom. The van der Waals surface area contributed by atoms with Crippen molar-refractivity contribution in [3.05, 3.63) is 0 Å². The van der Waals surface area contributed by atoms with Crippen LogP contribution in [0.15, 0.2) is 0 Å². The van der Waals surface area contributed by atoms with Gasteiger partial charge in [0, 0.05) is 45.8 Å². The van der Waals surface area contributed by atoms with Gasteiger partial charge in [-0.1, -0.05) is 6.92 Å². The van der Waals surface area contributed by atoms with E-state index in [2.05, 4.69) is 22.0 Å². The second-order valence-corrected chi connectivity index (χ2v) is 6.16. The van der Waals surface area contributed by atoms with Crippen LogP contribution in [0.1, 0.15) is 20.3 Å². The van der Waals surface area contributed by atoms with Crippen molar-refractivity contribution in [1.82, 2.24) is 15.1 Å². The molecule has 100 valence electrons. The van der Waals surface area contributed by atoms with E-state index in [0.29, 0.717) is 5.41 Å². The van der Waals surface area contributed by atoms with Crippen LogP contribution in [0, 0.1) is 5.41 Å². The van der Waals surface area contributed by atoms with Gasteiger partial charge in [-0.25, -0.2) is 0 Å². The molecule has 4 nitrogen and oxygen atoms in total. The molecule has 2 rings (SSSR count). The van der Waals surface area contributed by atoms with Crippen LogP contribution in [0.4, 0.5) is 0 Å². The van der Waals surface area contributed by atoms with Crippen molar-refractivity contribution in [2.24, 2.45) is 5.41 Å². The van der Waals surface area contributed by atoms with Gasteiger partial charge in [0.05, 0.1) is 6.10 Å². The number of aliphatic hydroxyl groups excluding tert-OH is 1. The van der Waals surface area contributed by atoms with Crippen LogP contribution in [0.3, 0.4) is 0 Å². The molecule has 0 saturated carbocycles. The minimum Gasteiger partial charge on any atom is -0.392 e. The molecule has 0 radical (unpaired) electrons. The zero-order valence-corrected chi connectivity index (χ0v) is 11.3. The maximum absolute atomic E-state index is 9.38. The Labute approximate surface area is 105 Å². The quantitative estimate of drug-likeness (QED) is 0.726. The fourth-order valence-corrected chi connectivity index (χ4v) is 3.05. The molecule has 1 unspecified atom stereocenters. The third-order valence-corrected chi connectivity index (χ3v) is 4.05. The molecule has 17 heavy (non-hydrogen) atoms. The molecule has 2 atom stereocenters. The largest absolute Gasteiger partial charge is 0.392 e. The van der Waals surface area contributed by atoms with E-state index in [9.17, 15) is 5.11 Å². The molecule has 2 fully saturated rings.